The summed E-state index contributed by atoms with van der Waals surface area (Å²) in [7, 11) is 1.36. The second-order valence-electron chi connectivity index (χ2n) is 6.07. The molecular formula is C20H18N4O5. The van der Waals surface area contributed by atoms with Crippen molar-refractivity contribution in [2.24, 2.45) is 0 Å². The molecule has 3 amide bonds. The standard InChI is InChI=1S/C20H18N4O5/c1-12-22-16-6-4-3-5-15(16)18(26)24(12)14-9-7-13(8-10-14)19(27)29-11-17(25)23-20(28)21-2/h3-10H,11H2,1-2H3,(H2,21,23,25,28). The number of hydrogen-bond donors (Lipinski definition) is 2. The quantitative estimate of drug-likeness (QED) is 0.644. The van der Waals surface area contributed by atoms with Gasteiger partial charge in [0.1, 0.15) is 5.82 Å². The van der Waals surface area contributed by atoms with Gasteiger partial charge in [0.25, 0.3) is 11.5 Å². The summed E-state index contributed by atoms with van der Waals surface area (Å²) in [5.41, 5.74) is 1.14. The van der Waals surface area contributed by atoms with Crippen LogP contribution in [0.5, 0.6) is 0 Å². The van der Waals surface area contributed by atoms with Crippen LogP contribution in [0.2, 0.25) is 0 Å². The van der Waals surface area contributed by atoms with Crippen LogP contribution in [0.25, 0.3) is 16.6 Å². The number of urea groups is 1. The number of para-hydroxylation sites is 1. The Morgan fingerprint density at radius 1 is 1.07 bits per heavy atom. The van der Waals surface area contributed by atoms with E-state index in [0.29, 0.717) is 22.4 Å². The molecule has 0 spiro atoms. The molecule has 1 aromatic heterocycles. The van der Waals surface area contributed by atoms with E-state index < -0.39 is 24.5 Å². The number of carbonyl (C=O) groups excluding carboxylic acids is 3. The van der Waals surface area contributed by atoms with Gasteiger partial charge < -0.3 is 10.1 Å². The SMILES string of the molecule is CNC(=O)NC(=O)COC(=O)c1ccc(-n2c(C)nc3ccccc3c2=O)cc1. The van der Waals surface area contributed by atoms with Gasteiger partial charge in [-0.1, -0.05) is 12.1 Å². The van der Waals surface area contributed by atoms with Crippen LogP contribution in [0, 0.1) is 6.92 Å². The van der Waals surface area contributed by atoms with Gasteiger partial charge in [-0.15, -0.1) is 0 Å². The van der Waals surface area contributed by atoms with E-state index in [1.165, 1.54) is 23.7 Å². The molecule has 1 heterocycles. The minimum atomic E-state index is -0.751. The summed E-state index contributed by atoms with van der Waals surface area (Å²) in [4.78, 5) is 51.8. The van der Waals surface area contributed by atoms with Crippen molar-refractivity contribution >= 4 is 28.8 Å². The number of aryl methyl sites for hydroxylation is 1. The highest BCUT2D eigenvalue weighted by Gasteiger charge is 2.13. The fourth-order valence-electron chi connectivity index (χ4n) is 2.73. The number of nitrogens with zero attached hydrogens (tertiary/aromatic N) is 2. The molecular weight excluding hydrogens is 376 g/mol. The lowest BCUT2D eigenvalue weighted by Gasteiger charge is -2.11. The molecule has 9 nitrogen and oxygen atoms in total. The summed E-state index contributed by atoms with van der Waals surface area (Å²) in [6, 6.07) is 12.5. The highest BCUT2D eigenvalue weighted by molar-refractivity contribution is 5.97. The third-order valence-corrected chi connectivity index (χ3v) is 4.12. The molecule has 9 heteroatoms. The maximum absolute atomic E-state index is 12.8. The van der Waals surface area contributed by atoms with Gasteiger partial charge in [0, 0.05) is 7.05 Å². The summed E-state index contributed by atoms with van der Waals surface area (Å²) >= 11 is 0. The lowest BCUT2D eigenvalue weighted by atomic mass is 10.2. The number of amides is 3. The van der Waals surface area contributed by atoms with E-state index in [-0.39, 0.29) is 11.1 Å². The number of aromatic nitrogens is 2. The molecule has 0 saturated carbocycles. The Hall–Kier alpha value is -4.01. The Kier molecular flexibility index (Phi) is 5.68. The van der Waals surface area contributed by atoms with Crippen LogP contribution < -0.4 is 16.2 Å². The second-order valence-corrected chi connectivity index (χ2v) is 6.07. The van der Waals surface area contributed by atoms with Gasteiger partial charge >= 0.3 is 12.0 Å². The van der Waals surface area contributed by atoms with E-state index in [1.54, 1.807) is 37.3 Å². The maximum atomic E-state index is 12.8. The molecule has 0 aliphatic carbocycles. The third-order valence-electron chi connectivity index (χ3n) is 4.12. The molecule has 0 fully saturated rings. The van der Waals surface area contributed by atoms with E-state index in [1.807, 2.05) is 11.4 Å². The minimum absolute atomic E-state index is 0.195. The zero-order valence-electron chi connectivity index (χ0n) is 15.8. The molecule has 148 valence electrons. The van der Waals surface area contributed by atoms with Gasteiger partial charge in [0.05, 0.1) is 22.2 Å². The normalized spacial score (nSPS) is 10.4. The van der Waals surface area contributed by atoms with Crippen molar-refractivity contribution in [2.75, 3.05) is 13.7 Å². The maximum Gasteiger partial charge on any atom is 0.338 e. The first kappa shape index (κ1) is 19.7. The number of nitrogens with one attached hydrogen (secondary N) is 2. The number of hydrogen-bond acceptors (Lipinski definition) is 6. The molecule has 2 aromatic carbocycles. The summed E-state index contributed by atoms with van der Waals surface area (Å²) < 4.78 is 6.33. The molecule has 29 heavy (non-hydrogen) atoms. The number of carbonyl (C=O) groups is 3. The number of fused-ring (bicyclic) bond motifs is 1. The molecule has 0 aliphatic rings. The van der Waals surface area contributed by atoms with Gasteiger partial charge in [0.15, 0.2) is 6.61 Å². The predicted molar refractivity (Wildman–Crippen MR) is 105 cm³/mol. The highest BCUT2D eigenvalue weighted by Crippen LogP contribution is 2.14. The van der Waals surface area contributed by atoms with E-state index in [4.69, 9.17) is 4.74 Å². The van der Waals surface area contributed by atoms with Crippen LogP contribution in [0.4, 0.5) is 4.79 Å². The average molecular weight is 394 g/mol. The summed E-state index contributed by atoms with van der Waals surface area (Å²) in [6.07, 6.45) is 0. The number of ether oxygens (including phenoxy) is 1. The molecule has 0 atom stereocenters. The van der Waals surface area contributed by atoms with Gasteiger partial charge in [0.2, 0.25) is 0 Å². The first-order valence-corrected chi connectivity index (χ1v) is 8.68. The summed E-state index contributed by atoms with van der Waals surface area (Å²) in [5.74, 6) is -0.974. The van der Waals surface area contributed by atoms with Crippen LogP contribution >= 0.6 is 0 Å². The van der Waals surface area contributed by atoms with E-state index in [0.717, 1.165) is 0 Å². The number of rotatable bonds is 4. The second kappa shape index (κ2) is 8.34. The van der Waals surface area contributed by atoms with E-state index in [2.05, 4.69) is 10.3 Å². The fourth-order valence-corrected chi connectivity index (χ4v) is 2.73. The van der Waals surface area contributed by atoms with Crippen LogP contribution in [0.1, 0.15) is 16.2 Å². The van der Waals surface area contributed by atoms with Crippen LogP contribution in [-0.2, 0) is 9.53 Å². The van der Waals surface area contributed by atoms with Crippen molar-refractivity contribution in [1.82, 2.24) is 20.2 Å². The molecule has 2 N–H and O–H groups in total. The molecule has 3 aromatic rings. The first-order chi connectivity index (χ1) is 13.9. The number of benzene rings is 2. The zero-order chi connectivity index (χ0) is 21.0. The Morgan fingerprint density at radius 2 is 1.76 bits per heavy atom. The van der Waals surface area contributed by atoms with Gasteiger partial charge in [-0.25, -0.2) is 14.6 Å². The van der Waals surface area contributed by atoms with Gasteiger partial charge in [-0.2, -0.15) is 0 Å². The minimum Gasteiger partial charge on any atom is -0.452 e. The molecule has 3 rings (SSSR count). The number of imide groups is 1. The first-order valence-electron chi connectivity index (χ1n) is 8.68. The molecule has 0 radical (unpaired) electrons. The van der Waals surface area contributed by atoms with Crippen LogP contribution in [0.15, 0.2) is 53.3 Å². The van der Waals surface area contributed by atoms with Crippen molar-refractivity contribution in [3.8, 4) is 5.69 Å². The monoisotopic (exact) mass is 394 g/mol. The van der Waals surface area contributed by atoms with Crippen molar-refractivity contribution < 1.29 is 19.1 Å². The van der Waals surface area contributed by atoms with Crippen LogP contribution in [-0.4, -0.2) is 41.1 Å². The highest BCUT2D eigenvalue weighted by atomic mass is 16.5. The Balaban J connectivity index is 1.78. The topological polar surface area (TPSA) is 119 Å². The molecule has 0 aliphatic heterocycles. The summed E-state index contributed by atoms with van der Waals surface area (Å²) in [6.45, 7) is 1.13. The predicted octanol–water partition coefficient (Wildman–Crippen LogP) is 1.31. The zero-order valence-corrected chi connectivity index (χ0v) is 15.8. The fraction of sp³-hybridized carbons (Fsp3) is 0.150. The Bertz CT molecular complexity index is 1150. The third kappa shape index (κ3) is 4.29. The largest absolute Gasteiger partial charge is 0.452 e. The molecule has 0 unspecified atom stereocenters. The Morgan fingerprint density at radius 3 is 2.45 bits per heavy atom. The van der Waals surface area contributed by atoms with Crippen LogP contribution in [0.3, 0.4) is 0 Å². The van der Waals surface area contributed by atoms with E-state index >= 15 is 0 Å². The van der Waals surface area contributed by atoms with Crippen molar-refractivity contribution in [3.05, 3.63) is 70.3 Å². The van der Waals surface area contributed by atoms with Gasteiger partial charge in [-0.05, 0) is 43.3 Å². The smallest absolute Gasteiger partial charge is 0.338 e. The van der Waals surface area contributed by atoms with Crippen molar-refractivity contribution in [1.29, 1.82) is 0 Å². The van der Waals surface area contributed by atoms with Crippen molar-refractivity contribution in [2.45, 2.75) is 6.92 Å². The van der Waals surface area contributed by atoms with E-state index in [9.17, 15) is 19.2 Å². The summed E-state index contributed by atoms with van der Waals surface area (Å²) in [5, 5.41) is 4.69. The Labute approximate surface area is 165 Å². The molecule has 0 saturated heterocycles. The average Bonchev–Trinajstić information content (AvgIpc) is 2.72. The lowest BCUT2D eigenvalue weighted by Crippen LogP contribution is -2.39. The number of esters is 1. The van der Waals surface area contributed by atoms with Crippen molar-refractivity contribution in [3.63, 3.8) is 0 Å². The van der Waals surface area contributed by atoms with Gasteiger partial charge in [-0.3, -0.25) is 19.5 Å². The lowest BCUT2D eigenvalue weighted by molar-refractivity contribution is -0.123. The molecule has 0 bridgehead atoms.